The lowest BCUT2D eigenvalue weighted by molar-refractivity contribution is -0.132. The molecule has 7 amide bonds. The van der Waals surface area contributed by atoms with E-state index in [9.17, 15) is 33.6 Å². The monoisotopic (exact) mass is 1450 g/mol. The number of likely N-dealkylation sites (N-methyl/N-ethyl adjacent to an activating group) is 4. The van der Waals surface area contributed by atoms with Crippen LogP contribution in [-0.2, 0) is 46.4 Å². The first-order valence-corrected chi connectivity index (χ1v) is 38.4. The zero-order chi connectivity index (χ0) is 75.2. The predicted molar refractivity (Wildman–Crippen MR) is 412 cm³/mol. The molecule has 5 N–H and O–H groups in total. The van der Waals surface area contributed by atoms with E-state index in [1.165, 1.54) is 75.8 Å². The summed E-state index contributed by atoms with van der Waals surface area (Å²) < 4.78 is 29.9. The molecule has 105 heavy (non-hydrogen) atoms. The Balaban J connectivity index is 0.699. The zero-order valence-electron chi connectivity index (χ0n) is 64.5. The van der Waals surface area contributed by atoms with E-state index in [0.29, 0.717) is 93.2 Å². The van der Waals surface area contributed by atoms with E-state index in [1.54, 1.807) is 54.2 Å². The summed E-state index contributed by atoms with van der Waals surface area (Å²) >= 11 is 0. The molecule has 1 saturated carbocycles. The number of fused-ring (bicyclic) bond motifs is 4. The van der Waals surface area contributed by atoms with Crippen LogP contribution in [-0.4, -0.2) is 241 Å². The fourth-order valence-corrected chi connectivity index (χ4v) is 14.8. The van der Waals surface area contributed by atoms with Crippen molar-refractivity contribution < 1.29 is 57.2 Å². The second-order valence-corrected chi connectivity index (χ2v) is 31.9. The van der Waals surface area contributed by atoms with Gasteiger partial charge in [0.15, 0.2) is 0 Å². The van der Waals surface area contributed by atoms with Gasteiger partial charge < -0.3 is 74.4 Å². The SMILES string of the molecule is CC(C)C(NC(=O)CC(C)(C)COCC(C)(C)CNC(=O)CN(C)CC1CCN(C2CCCCCCC2)CC1)C(=O)NCC(=O)Nc1ccc(COC(=O)N(C)C[C@H](CCCCN2CCOCC2)N(C)C(=O)Oc2cc3c(c4ccccc24)CCN3C(=O)c2cc3cc(OCCN(C)C)ccc3[nH]2)cc1. The average Bonchev–Trinajstić information content (AvgIpc) is 1.64. The number of carbonyl (C=O) groups excluding carboxylic acids is 7. The lowest BCUT2D eigenvalue weighted by atomic mass is 9.89. The number of rotatable bonds is 35. The number of H-pyrrole nitrogens is 1. The maximum Gasteiger partial charge on any atom is 0.415 e. The lowest BCUT2D eigenvalue weighted by Crippen LogP contribution is -2.51. The minimum atomic E-state index is -0.894. The molecule has 24 heteroatoms. The molecule has 9 rings (SSSR count). The third-order valence-corrected chi connectivity index (χ3v) is 20.9. The number of ether oxygens (including phenoxy) is 5. The highest BCUT2D eigenvalue weighted by Gasteiger charge is 2.34. The molecule has 0 spiro atoms. The fraction of sp³-hybridized carbons (Fsp3) is 0.617. The number of hydrogen-bond acceptors (Lipinski definition) is 16. The normalized spacial score (nSPS) is 16.5. The first-order valence-electron chi connectivity index (χ1n) is 38.4. The standard InChI is InChI=1S/C81H120N12O12/c1-57(2)75(86-72(94)48-80(3,4)55-102-56-81(5,6)54-83-74(96)52-88(9)50-58-32-36-92(37-33-58)62-21-15-13-12-14-16-22-62)76(97)82-49-73(95)84-61-28-26-59(27-29-61)53-104-78(99)89(10)51-63(23-19-20-35-91-40-42-101-43-41-91)90(11)79(100)105-71-47-70-66(65-24-17-18-25-67(65)71)34-38-93(70)77(98)69-46-60-45-64(30-31-68(60)85-69)103-44-39-87(7)8/h17-18,24-31,45-47,57-58,62-63,75,85H,12-16,19-23,32-44,48-56H2,1-11H3,(H,82,97)(H,83,96)(H,84,95)(H,86,94)/t63-,75?/m0/s1. The summed E-state index contributed by atoms with van der Waals surface area (Å²) in [5, 5.41) is 14.0. The number of aromatic amines is 1. The summed E-state index contributed by atoms with van der Waals surface area (Å²) in [5.74, 6) is -0.131. The maximum absolute atomic E-state index is 14.5. The number of likely N-dealkylation sites (tertiary alicyclic amines) is 1. The number of piperidine rings is 1. The number of nitrogens with zero attached hydrogens (tertiary/aromatic N) is 7. The van der Waals surface area contributed by atoms with Gasteiger partial charge in [-0.2, -0.15) is 0 Å². The molecule has 2 saturated heterocycles. The Kier molecular flexibility index (Phi) is 30.3. The number of aromatic nitrogens is 1. The van der Waals surface area contributed by atoms with Gasteiger partial charge in [-0.1, -0.05) is 116 Å². The number of benzene rings is 4. The number of anilines is 2. The molecule has 5 aromatic rings. The third kappa shape index (κ3) is 24.9. The van der Waals surface area contributed by atoms with Crippen molar-refractivity contribution in [2.75, 3.05) is 157 Å². The van der Waals surface area contributed by atoms with Crippen LogP contribution in [0.4, 0.5) is 21.0 Å². The van der Waals surface area contributed by atoms with E-state index in [4.69, 9.17) is 23.7 Å². The largest absolute Gasteiger partial charge is 0.492 e. The summed E-state index contributed by atoms with van der Waals surface area (Å²) in [5.41, 5.74) is 3.10. The van der Waals surface area contributed by atoms with Gasteiger partial charge in [0.2, 0.25) is 23.6 Å². The Morgan fingerprint density at radius 3 is 2.15 bits per heavy atom. The smallest absolute Gasteiger partial charge is 0.415 e. The topological polar surface area (TPSA) is 252 Å². The Bertz CT molecular complexity index is 3670. The maximum atomic E-state index is 14.5. The Labute approximate surface area is 622 Å². The molecule has 0 radical (unpaired) electrons. The van der Waals surface area contributed by atoms with Crippen LogP contribution in [0.3, 0.4) is 0 Å². The van der Waals surface area contributed by atoms with Crippen LogP contribution in [0.5, 0.6) is 11.5 Å². The number of morpholine rings is 1. The van der Waals surface area contributed by atoms with Gasteiger partial charge in [0, 0.05) is 106 Å². The number of unbranched alkanes of at least 4 members (excludes halogenated alkanes) is 1. The average molecular weight is 1450 g/mol. The number of amides is 7. The molecule has 0 bridgehead atoms. The van der Waals surface area contributed by atoms with Crippen LogP contribution in [0.2, 0.25) is 0 Å². The molecule has 2 atom stereocenters. The van der Waals surface area contributed by atoms with E-state index in [-0.39, 0.29) is 61.8 Å². The van der Waals surface area contributed by atoms with Crippen LogP contribution in [0.15, 0.2) is 78.9 Å². The van der Waals surface area contributed by atoms with Crippen LogP contribution in [0.25, 0.3) is 21.7 Å². The van der Waals surface area contributed by atoms with Gasteiger partial charge in [-0.15, -0.1) is 0 Å². The van der Waals surface area contributed by atoms with Gasteiger partial charge in [-0.3, -0.25) is 33.8 Å². The summed E-state index contributed by atoms with van der Waals surface area (Å²) in [6, 6.07) is 23.3. The van der Waals surface area contributed by atoms with E-state index < -0.39 is 41.5 Å². The van der Waals surface area contributed by atoms with Crippen LogP contribution in [0, 0.1) is 22.7 Å². The molecular formula is C81H120N12O12. The highest BCUT2D eigenvalue weighted by atomic mass is 16.6. The molecule has 4 aromatic carbocycles. The van der Waals surface area contributed by atoms with Crippen molar-refractivity contribution in [3.63, 3.8) is 0 Å². The number of nitrogens with one attached hydrogen (secondary N) is 5. The van der Waals surface area contributed by atoms with Gasteiger partial charge in [0.25, 0.3) is 5.91 Å². The molecule has 3 aliphatic heterocycles. The molecule has 3 fully saturated rings. The molecule has 1 aliphatic carbocycles. The van der Waals surface area contributed by atoms with Gasteiger partial charge in [-0.05, 0) is 156 Å². The lowest BCUT2D eigenvalue weighted by Gasteiger charge is -2.39. The quantitative estimate of drug-likeness (QED) is 0.0237. The van der Waals surface area contributed by atoms with Crippen LogP contribution >= 0.6 is 0 Å². The fourth-order valence-electron chi connectivity index (χ4n) is 14.8. The van der Waals surface area contributed by atoms with Crippen molar-refractivity contribution in [3.8, 4) is 11.5 Å². The summed E-state index contributed by atoms with van der Waals surface area (Å²) in [6.07, 6.45) is 13.6. The Hall–Kier alpha value is -7.87. The van der Waals surface area contributed by atoms with Gasteiger partial charge >= 0.3 is 12.2 Å². The molecule has 24 nitrogen and oxygen atoms in total. The minimum absolute atomic E-state index is 0.00111. The van der Waals surface area contributed by atoms with Crippen molar-refractivity contribution in [1.82, 2.24) is 50.3 Å². The molecule has 1 aromatic heterocycles. The molecule has 4 aliphatic rings. The summed E-state index contributed by atoms with van der Waals surface area (Å²) in [6.45, 7) is 21.8. The summed E-state index contributed by atoms with van der Waals surface area (Å²) in [4.78, 5) is 113. The Morgan fingerprint density at radius 1 is 0.733 bits per heavy atom. The van der Waals surface area contributed by atoms with Crippen LogP contribution < -0.4 is 35.6 Å². The van der Waals surface area contributed by atoms with Crippen molar-refractivity contribution in [2.45, 2.75) is 156 Å². The minimum Gasteiger partial charge on any atom is -0.492 e. The van der Waals surface area contributed by atoms with E-state index in [0.717, 1.165) is 84.6 Å². The van der Waals surface area contributed by atoms with Crippen molar-refractivity contribution in [1.29, 1.82) is 0 Å². The highest BCUT2D eigenvalue weighted by Crippen LogP contribution is 2.41. The zero-order valence-corrected chi connectivity index (χ0v) is 64.5. The molecule has 1 unspecified atom stereocenters. The first-order chi connectivity index (χ1) is 50.3. The summed E-state index contributed by atoms with van der Waals surface area (Å²) in [7, 11) is 9.34. The Morgan fingerprint density at radius 2 is 1.44 bits per heavy atom. The van der Waals surface area contributed by atoms with Crippen molar-refractivity contribution >= 4 is 74.8 Å². The van der Waals surface area contributed by atoms with Gasteiger partial charge in [0.05, 0.1) is 51.2 Å². The molecular weight excluding hydrogens is 1330 g/mol. The number of hydrogen-bond donors (Lipinski definition) is 5. The highest BCUT2D eigenvalue weighted by molar-refractivity contribution is 6.11. The van der Waals surface area contributed by atoms with Gasteiger partial charge in [-0.25, -0.2) is 9.59 Å². The second kappa shape index (κ2) is 39.1. The predicted octanol–water partition coefficient (Wildman–Crippen LogP) is 10.6. The second-order valence-electron chi connectivity index (χ2n) is 31.9. The molecule has 4 heterocycles. The van der Waals surface area contributed by atoms with Crippen molar-refractivity contribution in [3.05, 3.63) is 95.7 Å². The van der Waals surface area contributed by atoms with E-state index in [1.807, 2.05) is 111 Å². The van der Waals surface area contributed by atoms with Gasteiger partial charge in [0.1, 0.15) is 36.4 Å². The van der Waals surface area contributed by atoms with Crippen LogP contribution in [0.1, 0.15) is 147 Å². The third-order valence-electron chi connectivity index (χ3n) is 20.9. The molecule has 576 valence electrons. The number of carbonyl (C=O) groups is 7. The van der Waals surface area contributed by atoms with E-state index >= 15 is 0 Å². The van der Waals surface area contributed by atoms with E-state index in [2.05, 4.69) is 45.9 Å². The first kappa shape index (κ1) is 81.2. The van der Waals surface area contributed by atoms with Crippen molar-refractivity contribution in [2.24, 2.45) is 22.7 Å².